The van der Waals surface area contributed by atoms with E-state index in [1.807, 2.05) is 30.3 Å². The Balaban J connectivity index is 1.74. The molecule has 1 saturated heterocycles. The number of carboxylic acids is 1. The standard InChI is InChI=1S/C19H25NO4/c1-2-6-17(18(21)22)13-15-9-11-20(12-10-15)19(23)24-14-16-7-4-3-5-8-16/h2-5,7-8,15,17H,1,6,9-14H2,(H,21,22). The van der Waals surface area contributed by atoms with E-state index in [1.165, 1.54) is 0 Å². The molecule has 5 heteroatoms. The minimum atomic E-state index is -0.764. The third kappa shape index (κ3) is 5.41. The molecule has 1 aromatic rings. The zero-order valence-electron chi connectivity index (χ0n) is 13.9. The lowest BCUT2D eigenvalue weighted by molar-refractivity contribution is -0.142. The predicted octanol–water partition coefficient (Wildman–Crippen LogP) is 3.70. The van der Waals surface area contributed by atoms with Crippen LogP contribution in [0.2, 0.25) is 0 Å². The third-order valence-electron chi connectivity index (χ3n) is 4.50. The molecule has 2 rings (SSSR count). The molecule has 0 aromatic heterocycles. The Morgan fingerprint density at radius 1 is 1.29 bits per heavy atom. The van der Waals surface area contributed by atoms with Crippen LogP contribution in [0.4, 0.5) is 4.79 Å². The maximum atomic E-state index is 12.1. The Morgan fingerprint density at radius 2 is 1.96 bits per heavy atom. The van der Waals surface area contributed by atoms with E-state index in [-0.39, 0.29) is 18.6 Å². The lowest BCUT2D eigenvalue weighted by Crippen LogP contribution is -2.39. The monoisotopic (exact) mass is 331 g/mol. The van der Waals surface area contributed by atoms with Gasteiger partial charge in [-0.2, -0.15) is 0 Å². The molecule has 0 saturated carbocycles. The summed E-state index contributed by atoms with van der Waals surface area (Å²) in [7, 11) is 0. The van der Waals surface area contributed by atoms with Crippen molar-refractivity contribution in [2.75, 3.05) is 13.1 Å². The molecule has 1 N–H and O–H groups in total. The number of benzene rings is 1. The van der Waals surface area contributed by atoms with Gasteiger partial charge in [0, 0.05) is 13.1 Å². The van der Waals surface area contributed by atoms with E-state index in [0.717, 1.165) is 18.4 Å². The number of hydrogen-bond acceptors (Lipinski definition) is 3. The van der Waals surface area contributed by atoms with E-state index >= 15 is 0 Å². The van der Waals surface area contributed by atoms with E-state index in [2.05, 4.69) is 6.58 Å². The van der Waals surface area contributed by atoms with Gasteiger partial charge in [0.05, 0.1) is 5.92 Å². The normalized spacial score (nSPS) is 16.4. The van der Waals surface area contributed by atoms with E-state index in [9.17, 15) is 14.7 Å². The fourth-order valence-corrected chi connectivity index (χ4v) is 3.06. The summed E-state index contributed by atoms with van der Waals surface area (Å²) in [5, 5.41) is 9.22. The van der Waals surface area contributed by atoms with Crippen LogP contribution in [0.1, 0.15) is 31.2 Å². The lowest BCUT2D eigenvalue weighted by atomic mass is 9.86. The molecule has 1 unspecified atom stereocenters. The average molecular weight is 331 g/mol. The fourth-order valence-electron chi connectivity index (χ4n) is 3.06. The molecule has 1 aromatic carbocycles. The average Bonchev–Trinajstić information content (AvgIpc) is 2.60. The highest BCUT2D eigenvalue weighted by atomic mass is 16.6. The molecule has 0 bridgehead atoms. The van der Waals surface area contributed by atoms with Crippen LogP contribution in [0.3, 0.4) is 0 Å². The van der Waals surface area contributed by atoms with Gasteiger partial charge in [-0.15, -0.1) is 6.58 Å². The Hall–Kier alpha value is -2.30. The van der Waals surface area contributed by atoms with Crippen molar-refractivity contribution in [3.8, 4) is 0 Å². The summed E-state index contributed by atoms with van der Waals surface area (Å²) in [6, 6.07) is 9.59. The number of hydrogen-bond donors (Lipinski definition) is 1. The Labute approximate surface area is 142 Å². The predicted molar refractivity (Wildman–Crippen MR) is 91.5 cm³/mol. The van der Waals surface area contributed by atoms with Crippen molar-refractivity contribution in [3.63, 3.8) is 0 Å². The summed E-state index contributed by atoms with van der Waals surface area (Å²) in [4.78, 5) is 25.0. The first-order valence-electron chi connectivity index (χ1n) is 8.39. The molecule has 0 spiro atoms. The van der Waals surface area contributed by atoms with Crippen LogP contribution in [-0.4, -0.2) is 35.2 Å². The van der Waals surface area contributed by atoms with E-state index in [0.29, 0.717) is 31.8 Å². The molecular formula is C19H25NO4. The molecule has 0 radical (unpaired) electrons. The maximum Gasteiger partial charge on any atom is 0.410 e. The van der Waals surface area contributed by atoms with Gasteiger partial charge in [-0.25, -0.2) is 4.79 Å². The van der Waals surface area contributed by atoms with Crippen LogP contribution in [-0.2, 0) is 16.1 Å². The molecule has 1 aliphatic rings. The number of nitrogens with zero attached hydrogens (tertiary/aromatic N) is 1. The van der Waals surface area contributed by atoms with Gasteiger partial charge in [-0.05, 0) is 37.2 Å². The third-order valence-corrected chi connectivity index (χ3v) is 4.50. The Bertz CT molecular complexity index is 550. The smallest absolute Gasteiger partial charge is 0.410 e. The first kappa shape index (κ1) is 18.0. The fraction of sp³-hybridized carbons (Fsp3) is 0.474. The Morgan fingerprint density at radius 3 is 2.54 bits per heavy atom. The van der Waals surface area contributed by atoms with Gasteiger partial charge in [-0.3, -0.25) is 4.79 Å². The molecular weight excluding hydrogens is 306 g/mol. The molecule has 1 fully saturated rings. The van der Waals surface area contributed by atoms with Crippen molar-refractivity contribution in [1.82, 2.24) is 4.90 Å². The molecule has 5 nitrogen and oxygen atoms in total. The van der Waals surface area contributed by atoms with Crippen LogP contribution in [0.15, 0.2) is 43.0 Å². The molecule has 1 amide bonds. The van der Waals surface area contributed by atoms with Crippen molar-refractivity contribution in [3.05, 3.63) is 48.6 Å². The van der Waals surface area contributed by atoms with Gasteiger partial charge < -0.3 is 14.7 Å². The largest absolute Gasteiger partial charge is 0.481 e. The summed E-state index contributed by atoms with van der Waals surface area (Å²) in [5.41, 5.74) is 0.967. The molecule has 0 aliphatic carbocycles. The zero-order chi connectivity index (χ0) is 17.4. The van der Waals surface area contributed by atoms with Gasteiger partial charge in [-0.1, -0.05) is 36.4 Å². The number of amides is 1. The number of aliphatic carboxylic acids is 1. The van der Waals surface area contributed by atoms with Gasteiger partial charge in [0.2, 0.25) is 0 Å². The first-order chi connectivity index (χ1) is 11.6. The SMILES string of the molecule is C=CCC(CC1CCN(C(=O)OCc2ccccc2)CC1)C(=O)O. The highest BCUT2D eigenvalue weighted by Crippen LogP contribution is 2.26. The number of piperidine rings is 1. The van der Waals surface area contributed by atoms with Crippen molar-refractivity contribution < 1.29 is 19.4 Å². The molecule has 130 valence electrons. The Kier molecular flexibility index (Phi) is 6.85. The van der Waals surface area contributed by atoms with Crippen LogP contribution in [0.25, 0.3) is 0 Å². The number of carbonyl (C=O) groups is 2. The zero-order valence-corrected chi connectivity index (χ0v) is 13.9. The quantitative estimate of drug-likeness (QED) is 0.774. The van der Waals surface area contributed by atoms with Crippen LogP contribution in [0.5, 0.6) is 0 Å². The minimum Gasteiger partial charge on any atom is -0.481 e. The molecule has 1 heterocycles. The summed E-state index contributed by atoms with van der Waals surface area (Å²) in [6.07, 6.45) is 4.15. The van der Waals surface area contributed by atoms with Crippen LogP contribution >= 0.6 is 0 Å². The summed E-state index contributed by atoms with van der Waals surface area (Å²) in [5.74, 6) is -0.798. The first-order valence-corrected chi connectivity index (χ1v) is 8.39. The second-order valence-electron chi connectivity index (χ2n) is 6.27. The van der Waals surface area contributed by atoms with Gasteiger partial charge in [0.25, 0.3) is 0 Å². The van der Waals surface area contributed by atoms with E-state index in [1.54, 1.807) is 11.0 Å². The summed E-state index contributed by atoms with van der Waals surface area (Å²) < 4.78 is 5.34. The summed E-state index contributed by atoms with van der Waals surface area (Å²) >= 11 is 0. The number of likely N-dealkylation sites (tertiary alicyclic amines) is 1. The second kappa shape index (κ2) is 9.11. The minimum absolute atomic E-state index is 0.278. The molecule has 1 aliphatic heterocycles. The van der Waals surface area contributed by atoms with Gasteiger partial charge in [0.15, 0.2) is 0 Å². The highest BCUT2D eigenvalue weighted by molar-refractivity contribution is 5.70. The van der Waals surface area contributed by atoms with Gasteiger partial charge in [0.1, 0.15) is 6.61 Å². The number of ether oxygens (including phenoxy) is 1. The van der Waals surface area contributed by atoms with Crippen molar-refractivity contribution in [2.45, 2.75) is 32.3 Å². The van der Waals surface area contributed by atoms with Crippen LogP contribution in [0, 0.1) is 11.8 Å². The molecule has 1 atom stereocenters. The highest BCUT2D eigenvalue weighted by Gasteiger charge is 2.27. The van der Waals surface area contributed by atoms with Gasteiger partial charge >= 0.3 is 12.1 Å². The summed E-state index contributed by atoms with van der Waals surface area (Å²) in [6.45, 7) is 5.15. The number of carboxylic acid groups (broad SMARTS) is 1. The number of allylic oxidation sites excluding steroid dienone is 1. The number of carbonyl (C=O) groups excluding carboxylic acids is 1. The van der Waals surface area contributed by atoms with E-state index < -0.39 is 5.97 Å². The molecule has 24 heavy (non-hydrogen) atoms. The topological polar surface area (TPSA) is 66.8 Å². The van der Waals surface area contributed by atoms with Crippen molar-refractivity contribution in [1.29, 1.82) is 0 Å². The van der Waals surface area contributed by atoms with Crippen molar-refractivity contribution >= 4 is 12.1 Å². The maximum absolute atomic E-state index is 12.1. The van der Waals surface area contributed by atoms with E-state index in [4.69, 9.17) is 4.74 Å². The van der Waals surface area contributed by atoms with Crippen LogP contribution < -0.4 is 0 Å². The second-order valence-corrected chi connectivity index (χ2v) is 6.27. The van der Waals surface area contributed by atoms with Crippen molar-refractivity contribution in [2.24, 2.45) is 11.8 Å². The lowest BCUT2D eigenvalue weighted by Gasteiger charge is -2.32. The number of rotatable bonds is 7.